The number of hydrogen-bond acceptors (Lipinski definition) is 5. The predicted molar refractivity (Wildman–Crippen MR) is 110 cm³/mol. The Morgan fingerprint density at radius 2 is 1.77 bits per heavy atom. The van der Waals surface area contributed by atoms with Gasteiger partial charge in [-0.25, -0.2) is 0 Å². The van der Waals surface area contributed by atoms with Crippen molar-refractivity contribution >= 4 is 17.5 Å². The van der Waals surface area contributed by atoms with Crippen molar-refractivity contribution in [3.8, 4) is 0 Å². The maximum atomic E-state index is 13.1. The van der Waals surface area contributed by atoms with E-state index in [-0.39, 0.29) is 41.1 Å². The molecule has 0 amide bonds. The number of fused-ring (bicyclic) bond motifs is 5. The molecule has 0 aliphatic heterocycles. The van der Waals surface area contributed by atoms with E-state index < -0.39 is 28.3 Å². The van der Waals surface area contributed by atoms with Crippen LogP contribution >= 0.6 is 0 Å². The molecule has 6 heteroatoms. The molecule has 4 aliphatic rings. The average molecular weight is 417 g/mol. The molecule has 4 aliphatic carbocycles. The molecule has 0 heterocycles. The fourth-order valence-corrected chi connectivity index (χ4v) is 7.98. The van der Waals surface area contributed by atoms with E-state index in [1.165, 1.54) is 0 Å². The number of Topliss-reactive ketones (excluding diaryl/α,β-unsaturated/α-hetero) is 2. The smallest absolute Gasteiger partial charge is 0.303 e. The lowest BCUT2D eigenvalue weighted by Crippen LogP contribution is -2.56. The highest BCUT2D eigenvalue weighted by molar-refractivity contribution is 6.02. The SMILES string of the molecule is CC(=O)[C@@]1(CCC(=O)O)CC[C@H]2[C@@H]3CCC4=CC(O)=C(O)C(=O)[C@]4(C)[C@H]3CC[C@@]21C. The first-order valence-electron chi connectivity index (χ1n) is 11.1. The van der Waals surface area contributed by atoms with Gasteiger partial charge in [-0.1, -0.05) is 12.5 Å². The fourth-order valence-electron chi connectivity index (χ4n) is 7.98. The maximum Gasteiger partial charge on any atom is 0.303 e. The Bertz CT molecular complexity index is 884. The van der Waals surface area contributed by atoms with E-state index in [0.29, 0.717) is 19.3 Å². The second kappa shape index (κ2) is 6.69. The number of aliphatic hydroxyl groups excluding tert-OH is 2. The van der Waals surface area contributed by atoms with E-state index in [4.69, 9.17) is 0 Å². The molecule has 0 spiro atoms. The lowest BCUT2D eigenvalue weighted by atomic mass is 9.44. The van der Waals surface area contributed by atoms with Gasteiger partial charge in [-0.15, -0.1) is 0 Å². The highest BCUT2D eigenvalue weighted by atomic mass is 16.4. The topological polar surface area (TPSA) is 112 Å². The van der Waals surface area contributed by atoms with Gasteiger partial charge in [0.25, 0.3) is 0 Å². The first-order valence-corrected chi connectivity index (χ1v) is 11.1. The molecule has 0 aromatic rings. The Morgan fingerprint density at radius 1 is 1.10 bits per heavy atom. The van der Waals surface area contributed by atoms with E-state index in [9.17, 15) is 29.7 Å². The maximum absolute atomic E-state index is 13.1. The normalized spacial score (nSPS) is 42.8. The molecule has 3 saturated carbocycles. The molecule has 0 radical (unpaired) electrons. The Kier molecular flexibility index (Phi) is 4.72. The highest BCUT2D eigenvalue weighted by Crippen LogP contribution is 2.70. The van der Waals surface area contributed by atoms with Crippen molar-refractivity contribution in [1.82, 2.24) is 0 Å². The molecule has 30 heavy (non-hydrogen) atoms. The molecule has 0 saturated heterocycles. The molecule has 0 aromatic carbocycles. The van der Waals surface area contributed by atoms with Gasteiger partial charge in [-0.05, 0) is 88.0 Å². The lowest BCUT2D eigenvalue weighted by Gasteiger charge is -2.58. The lowest BCUT2D eigenvalue weighted by molar-refractivity contribution is -0.149. The number of carbonyl (C=O) groups is 3. The zero-order valence-corrected chi connectivity index (χ0v) is 18.0. The van der Waals surface area contributed by atoms with Crippen LogP contribution in [0, 0.1) is 34.0 Å². The van der Waals surface area contributed by atoms with Crippen molar-refractivity contribution in [2.24, 2.45) is 34.0 Å². The molecule has 4 rings (SSSR count). The van der Waals surface area contributed by atoms with Gasteiger partial charge >= 0.3 is 5.97 Å². The Hall–Kier alpha value is -2.11. The van der Waals surface area contributed by atoms with Crippen molar-refractivity contribution in [3.05, 3.63) is 23.2 Å². The minimum absolute atomic E-state index is 0.00296. The van der Waals surface area contributed by atoms with Crippen LogP contribution in [0.3, 0.4) is 0 Å². The van der Waals surface area contributed by atoms with Crippen molar-refractivity contribution in [2.45, 2.75) is 72.1 Å². The van der Waals surface area contributed by atoms with Crippen molar-refractivity contribution in [2.75, 3.05) is 0 Å². The van der Waals surface area contributed by atoms with Crippen LogP contribution in [0.2, 0.25) is 0 Å². The van der Waals surface area contributed by atoms with Crippen LogP contribution in [0.1, 0.15) is 72.1 Å². The van der Waals surface area contributed by atoms with Crippen LogP contribution in [0.5, 0.6) is 0 Å². The number of carboxylic acids is 1. The zero-order chi connectivity index (χ0) is 22.1. The monoisotopic (exact) mass is 416 g/mol. The van der Waals surface area contributed by atoms with Crippen LogP contribution in [0.25, 0.3) is 0 Å². The third-order valence-corrected chi connectivity index (χ3v) is 9.64. The quantitative estimate of drug-likeness (QED) is 0.622. The molecule has 6 atom stereocenters. The van der Waals surface area contributed by atoms with E-state index in [0.717, 1.165) is 31.3 Å². The third kappa shape index (κ3) is 2.51. The molecule has 0 unspecified atom stereocenters. The van der Waals surface area contributed by atoms with Crippen LogP contribution in [0.4, 0.5) is 0 Å². The van der Waals surface area contributed by atoms with Gasteiger partial charge in [0.2, 0.25) is 11.5 Å². The van der Waals surface area contributed by atoms with Gasteiger partial charge in [0.05, 0.1) is 5.41 Å². The van der Waals surface area contributed by atoms with Crippen LogP contribution in [-0.2, 0) is 14.4 Å². The summed E-state index contributed by atoms with van der Waals surface area (Å²) in [6.45, 7) is 5.69. The molecule has 3 fully saturated rings. The summed E-state index contributed by atoms with van der Waals surface area (Å²) in [6.07, 6.45) is 6.63. The summed E-state index contributed by atoms with van der Waals surface area (Å²) in [4.78, 5) is 37.3. The molecule has 3 N–H and O–H groups in total. The van der Waals surface area contributed by atoms with Crippen LogP contribution in [0.15, 0.2) is 23.2 Å². The van der Waals surface area contributed by atoms with Gasteiger partial charge in [-0.2, -0.15) is 0 Å². The van der Waals surface area contributed by atoms with Crippen molar-refractivity contribution < 1.29 is 29.7 Å². The van der Waals surface area contributed by atoms with E-state index in [1.54, 1.807) is 13.0 Å². The zero-order valence-electron chi connectivity index (χ0n) is 18.0. The minimum Gasteiger partial charge on any atom is -0.504 e. The summed E-state index contributed by atoms with van der Waals surface area (Å²) in [5, 5.41) is 29.4. The first kappa shape index (κ1) is 21.1. The number of carbonyl (C=O) groups excluding carboxylic acids is 2. The van der Waals surface area contributed by atoms with Gasteiger partial charge in [0, 0.05) is 11.8 Å². The number of aliphatic carboxylic acids is 1. The van der Waals surface area contributed by atoms with Crippen molar-refractivity contribution in [3.63, 3.8) is 0 Å². The highest BCUT2D eigenvalue weighted by Gasteiger charge is 2.66. The number of carboxylic acid groups (broad SMARTS) is 1. The summed E-state index contributed by atoms with van der Waals surface area (Å²) in [5.74, 6) is -1.49. The Labute approximate surface area is 177 Å². The number of allylic oxidation sites excluding steroid dienone is 3. The predicted octanol–water partition coefficient (Wildman–Crippen LogP) is 4.51. The summed E-state index contributed by atoms with van der Waals surface area (Å²) < 4.78 is 0. The molecular weight excluding hydrogens is 384 g/mol. The summed E-state index contributed by atoms with van der Waals surface area (Å²) in [5.41, 5.74) is -0.808. The number of hydrogen-bond donors (Lipinski definition) is 3. The molecule has 0 bridgehead atoms. The molecule has 0 aromatic heterocycles. The summed E-state index contributed by atoms with van der Waals surface area (Å²) >= 11 is 0. The second-order valence-corrected chi connectivity index (χ2v) is 10.4. The van der Waals surface area contributed by atoms with Gasteiger partial charge in [0.15, 0.2) is 5.76 Å². The van der Waals surface area contributed by atoms with Gasteiger partial charge < -0.3 is 15.3 Å². The number of aliphatic hydroxyl groups is 2. The number of rotatable bonds is 4. The van der Waals surface area contributed by atoms with E-state index in [2.05, 4.69) is 6.92 Å². The minimum atomic E-state index is -0.869. The van der Waals surface area contributed by atoms with E-state index >= 15 is 0 Å². The number of ketones is 2. The third-order valence-electron chi connectivity index (χ3n) is 9.64. The van der Waals surface area contributed by atoms with Gasteiger partial charge in [0.1, 0.15) is 5.78 Å². The second-order valence-electron chi connectivity index (χ2n) is 10.4. The molecule has 6 nitrogen and oxygen atoms in total. The van der Waals surface area contributed by atoms with Gasteiger partial charge in [-0.3, -0.25) is 14.4 Å². The van der Waals surface area contributed by atoms with E-state index in [1.807, 2.05) is 6.92 Å². The fraction of sp³-hybridized carbons (Fsp3) is 0.708. The standard InChI is InChI=1S/C24H32O6/c1-13(25)24(11-8-19(27)28)10-7-16-15-5-4-14-12-18(26)20(29)21(30)23(14,3)17(15)6-9-22(16,24)2/h12,15-17,26,29H,4-11H2,1-3H3,(H,27,28)/t15-,16-,17-,22-,23-,24-/m0/s1. The van der Waals surface area contributed by atoms with Crippen molar-refractivity contribution in [1.29, 1.82) is 0 Å². The Morgan fingerprint density at radius 3 is 2.40 bits per heavy atom. The van der Waals surface area contributed by atoms with Crippen LogP contribution < -0.4 is 0 Å². The Balaban J connectivity index is 1.71. The first-order chi connectivity index (χ1) is 14.0. The molecular formula is C24H32O6. The molecule has 164 valence electrons. The average Bonchev–Trinajstić information content (AvgIpc) is 2.99. The largest absolute Gasteiger partial charge is 0.504 e. The summed E-state index contributed by atoms with van der Waals surface area (Å²) in [6, 6.07) is 0. The van der Waals surface area contributed by atoms with Crippen LogP contribution in [-0.4, -0.2) is 32.9 Å². The summed E-state index contributed by atoms with van der Waals surface area (Å²) in [7, 11) is 0.